The molecular formula is C13H10FN3O. The molecule has 0 aliphatic carbocycles. The fraction of sp³-hybridized carbons (Fsp3) is 0.0769. The number of methoxy groups -OCH3 is 1. The zero-order chi connectivity index (χ0) is 12.5. The predicted molar refractivity (Wildman–Crippen MR) is 64.9 cm³/mol. The lowest BCUT2D eigenvalue weighted by molar-refractivity contribution is 0.386. The summed E-state index contributed by atoms with van der Waals surface area (Å²) in [6.07, 6.45) is 0. The van der Waals surface area contributed by atoms with Gasteiger partial charge in [-0.2, -0.15) is 4.52 Å². The molecule has 1 aromatic carbocycles. The summed E-state index contributed by atoms with van der Waals surface area (Å²) >= 11 is 0. The zero-order valence-electron chi connectivity index (χ0n) is 9.67. The van der Waals surface area contributed by atoms with Crippen molar-refractivity contribution in [2.45, 2.75) is 0 Å². The average molecular weight is 243 g/mol. The van der Waals surface area contributed by atoms with Crippen LogP contribution in [0, 0.1) is 5.82 Å². The molecule has 0 saturated carbocycles. The Kier molecular flexibility index (Phi) is 2.44. The number of halogens is 1. The standard InChI is InChI=1S/C13H10FN3O/c1-18-12-7-3-6-11-15-13(16-17(11)12)9-4-2-5-10(14)8-9/h2-8H,1H3. The van der Waals surface area contributed by atoms with Crippen LogP contribution in [-0.2, 0) is 0 Å². The number of aromatic nitrogens is 3. The van der Waals surface area contributed by atoms with Crippen LogP contribution in [-0.4, -0.2) is 21.7 Å². The molecule has 0 N–H and O–H groups in total. The smallest absolute Gasteiger partial charge is 0.216 e. The van der Waals surface area contributed by atoms with E-state index in [1.165, 1.54) is 12.1 Å². The van der Waals surface area contributed by atoms with E-state index in [0.717, 1.165) is 0 Å². The van der Waals surface area contributed by atoms with Crippen molar-refractivity contribution in [1.29, 1.82) is 0 Å². The van der Waals surface area contributed by atoms with Gasteiger partial charge >= 0.3 is 0 Å². The highest BCUT2D eigenvalue weighted by Crippen LogP contribution is 2.20. The third kappa shape index (κ3) is 1.69. The number of rotatable bonds is 2. The molecule has 0 saturated heterocycles. The molecule has 0 bridgehead atoms. The maximum absolute atomic E-state index is 13.2. The van der Waals surface area contributed by atoms with Gasteiger partial charge in [-0.3, -0.25) is 0 Å². The summed E-state index contributed by atoms with van der Waals surface area (Å²) in [6, 6.07) is 11.6. The van der Waals surface area contributed by atoms with E-state index >= 15 is 0 Å². The minimum absolute atomic E-state index is 0.307. The van der Waals surface area contributed by atoms with E-state index in [9.17, 15) is 4.39 Å². The SMILES string of the molecule is COc1cccc2nc(-c3cccc(F)c3)nn12. The third-order valence-corrected chi connectivity index (χ3v) is 2.62. The van der Waals surface area contributed by atoms with Gasteiger partial charge in [-0.05, 0) is 18.2 Å². The molecule has 0 aliphatic rings. The van der Waals surface area contributed by atoms with Gasteiger partial charge in [-0.25, -0.2) is 9.37 Å². The molecule has 90 valence electrons. The van der Waals surface area contributed by atoms with Gasteiger partial charge in [0.05, 0.1) is 7.11 Å². The molecule has 0 aliphatic heterocycles. The minimum Gasteiger partial charge on any atom is -0.481 e. The van der Waals surface area contributed by atoms with Crippen molar-refractivity contribution in [3.05, 3.63) is 48.3 Å². The van der Waals surface area contributed by atoms with Gasteiger partial charge in [0.1, 0.15) is 5.82 Å². The number of hydrogen-bond donors (Lipinski definition) is 0. The maximum Gasteiger partial charge on any atom is 0.216 e. The zero-order valence-corrected chi connectivity index (χ0v) is 9.67. The molecule has 3 aromatic rings. The summed E-state index contributed by atoms with van der Waals surface area (Å²) in [4.78, 5) is 4.34. The second kappa shape index (κ2) is 4.10. The topological polar surface area (TPSA) is 39.4 Å². The highest BCUT2D eigenvalue weighted by atomic mass is 19.1. The lowest BCUT2D eigenvalue weighted by Gasteiger charge is -1.99. The van der Waals surface area contributed by atoms with E-state index in [2.05, 4.69) is 10.1 Å². The molecule has 0 radical (unpaired) electrons. The molecule has 0 atom stereocenters. The Bertz CT molecular complexity index is 708. The van der Waals surface area contributed by atoms with Crippen LogP contribution < -0.4 is 4.74 Å². The van der Waals surface area contributed by atoms with Crippen LogP contribution in [0.2, 0.25) is 0 Å². The Hall–Kier alpha value is -2.43. The summed E-state index contributed by atoms with van der Waals surface area (Å²) in [5.41, 5.74) is 1.30. The fourth-order valence-corrected chi connectivity index (χ4v) is 1.79. The summed E-state index contributed by atoms with van der Waals surface area (Å²) in [6.45, 7) is 0. The van der Waals surface area contributed by atoms with Gasteiger partial charge in [0, 0.05) is 11.6 Å². The molecule has 0 spiro atoms. The first kappa shape index (κ1) is 10.7. The van der Waals surface area contributed by atoms with Crippen LogP contribution in [0.3, 0.4) is 0 Å². The Balaban J connectivity index is 2.19. The molecule has 18 heavy (non-hydrogen) atoms. The van der Waals surface area contributed by atoms with E-state index in [-0.39, 0.29) is 5.82 Å². The fourth-order valence-electron chi connectivity index (χ4n) is 1.79. The largest absolute Gasteiger partial charge is 0.481 e. The molecule has 2 aromatic heterocycles. The van der Waals surface area contributed by atoms with Crippen LogP contribution in [0.15, 0.2) is 42.5 Å². The summed E-state index contributed by atoms with van der Waals surface area (Å²) in [5.74, 6) is 0.750. The van der Waals surface area contributed by atoms with Crippen molar-refractivity contribution >= 4 is 5.65 Å². The van der Waals surface area contributed by atoms with Crippen molar-refractivity contribution in [1.82, 2.24) is 14.6 Å². The van der Waals surface area contributed by atoms with Gasteiger partial charge in [0.25, 0.3) is 0 Å². The molecule has 0 fully saturated rings. The quantitative estimate of drug-likeness (QED) is 0.694. The van der Waals surface area contributed by atoms with E-state index < -0.39 is 0 Å². The molecule has 0 amide bonds. The number of pyridine rings is 1. The molecule has 5 heteroatoms. The van der Waals surface area contributed by atoms with Crippen molar-refractivity contribution in [3.63, 3.8) is 0 Å². The summed E-state index contributed by atoms with van der Waals surface area (Å²) in [5, 5.41) is 4.31. The van der Waals surface area contributed by atoms with E-state index in [1.54, 1.807) is 29.8 Å². The van der Waals surface area contributed by atoms with Crippen molar-refractivity contribution in [2.75, 3.05) is 7.11 Å². The number of ether oxygens (including phenoxy) is 1. The predicted octanol–water partition coefficient (Wildman–Crippen LogP) is 2.54. The Morgan fingerprint density at radius 3 is 2.78 bits per heavy atom. The Labute approximate surface area is 103 Å². The normalized spacial score (nSPS) is 10.8. The van der Waals surface area contributed by atoms with E-state index in [0.29, 0.717) is 22.9 Å². The second-order valence-electron chi connectivity index (χ2n) is 3.78. The first-order chi connectivity index (χ1) is 8.78. The van der Waals surface area contributed by atoms with Gasteiger partial charge in [-0.15, -0.1) is 5.10 Å². The van der Waals surface area contributed by atoms with Crippen LogP contribution in [0.4, 0.5) is 4.39 Å². The monoisotopic (exact) mass is 243 g/mol. The van der Waals surface area contributed by atoms with Crippen molar-refractivity contribution in [3.8, 4) is 17.3 Å². The number of benzene rings is 1. The summed E-state index contributed by atoms with van der Waals surface area (Å²) < 4.78 is 19.9. The average Bonchev–Trinajstić information content (AvgIpc) is 2.82. The lowest BCUT2D eigenvalue weighted by Crippen LogP contribution is -1.94. The lowest BCUT2D eigenvalue weighted by atomic mass is 10.2. The first-order valence-corrected chi connectivity index (χ1v) is 5.43. The molecule has 0 unspecified atom stereocenters. The highest BCUT2D eigenvalue weighted by Gasteiger charge is 2.09. The van der Waals surface area contributed by atoms with E-state index in [4.69, 9.17) is 4.74 Å². The van der Waals surface area contributed by atoms with Crippen LogP contribution in [0.1, 0.15) is 0 Å². The Morgan fingerprint density at radius 1 is 1.17 bits per heavy atom. The second-order valence-corrected chi connectivity index (χ2v) is 3.78. The van der Waals surface area contributed by atoms with Crippen LogP contribution >= 0.6 is 0 Å². The van der Waals surface area contributed by atoms with Gasteiger partial charge in [-0.1, -0.05) is 18.2 Å². The Morgan fingerprint density at radius 2 is 2.00 bits per heavy atom. The minimum atomic E-state index is -0.307. The van der Waals surface area contributed by atoms with Crippen LogP contribution in [0.25, 0.3) is 17.0 Å². The number of hydrogen-bond acceptors (Lipinski definition) is 3. The highest BCUT2D eigenvalue weighted by molar-refractivity contribution is 5.58. The van der Waals surface area contributed by atoms with Crippen molar-refractivity contribution < 1.29 is 9.13 Å². The van der Waals surface area contributed by atoms with E-state index in [1.807, 2.05) is 12.1 Å². The van der Waals surface area contributed by atoms with Crippen molar-refractivity contribution in [2.24, 2.45) is 0 Å². The molecule has 3 rings (SSSR count). The van der Waals surface area contributed by atoms with Gasteiger partial charge < -0.3 is 4.74 Å². The van der Waals surface area contributed by atoms with Gasteiger partial charge in [0.2, 0.25) is 5.88 Å². The molecule has 4 nitrogen and oxygen atoms in total. The molecule has 2 heterocycles. The van der Waals surface area contributed by atoms with Crippen LogP contribution in [0.5, 0.6) is 5.88 Å². The molecular weight excluding hydrogens is 233 g/mol. The summed E-state index contributed by atoms with van der Waals surface area (Å²) in [7, 11) is 1.57. The number of fused-ring (bicyclic) bond motifs is 1. The van der Waals surface area contributed by atoms with Gasteiger partial charge in [0.15, 0.2) is 11.5 Å². The third-order valence-electron chi connectivity index (χ3n) is 2.62. The first-order valence-electron chi connectivity index (χ1n) is 5.43. The maximum atomic E-state index is 13.2. The number of nitrogens with zero attached hydrogens (tertiary/aromatic N) is 3.